The molecule has 0 bridgehead atoms. The van der Waals surface area contributed by atoms with Gasteiger partial charge in [0.1, 0.15) is 4.21 Å². The van der Waals surface area contributed by atoms with Crippen molar-refractivity contribution in [1.29, 1.82) is 0 Å². The topological polar surface area (TPSA) is 69.7 Å². The maximum atomic E-state index is 12.5. The molecule has 0 saturated carbocycles. The number of thiophene rings is 1. The summed E-state index contributed by atoms with van der Waals surface area (Å²) in [6.45, 7) is 6.20. The van der Waals surface area contributed by atoms with Crippen molar-refractivity contribution in [1.82, 2.24) is 14.5 Å². The predicted molar refractivity (Wildman–Crippen MR) is 104 cm³/mol. The van der Waals surface area contributed by atoms with Crippen molar-refractivity contribution in [3.8, 4) is 0 Å². The fraction of sp³-hybridized carbons (Fsp3) is 0.722. The number of amides is 1. The molecule has 2 fully saturated rings. The van der Waals surface area contributed by atoms with Crippen LogP contribution in [-0.2, 0) is 10.0 Å². The Bertz CT molecular complexity index is 711. The molecule has 6 nitrogen and oxygen atoms in total. The highest BCUT2D eigenvalue weighted by Gasteiger charge is 2.29. The summed E-state index contributed by atoms with van der Waals surface area (Å²) in [4.78, 5) is 15.3. The third-order valence-electron chi connectivity index (χ3n) is 5.31. The van der Waals surface area contributed by atoms with Gasteiger partial charge in [-0.2, -0.15) is 4.31 Å². The molecule has 1 N–H and O–H groups in total. The highest BCUT2D eigenvalue weighted by atomic mass is 32.2. The van der Waals surface area contributed by atoms with Gasteiger partial charge in [-0.25, -0.2) is 8.42 Å². The average molecular weight is 400 g/mol. The summed E-state index contributed by atoms with van der Waals surface area (Å²) in [7, 11) is -3.43. The van der Waals surface area contributed by atoms with Crippen LogP contribution in [0.5, 0.6) is 0 Å². The molecule has 0 spiro atoms. The fourth-order valence-electron chi connectivity index (χ4n) is 3.70. The van der Waals surface area contributed by atoms with E-state index in [1.165, 1.54) is 23.6 Å². The molecule has 0 aromatic carbocycles. The summed E-state index contributed by atoms with van der Waals surface area (Å²) >= 11 is 1.07. The molecule has 146 valence electrons. The first-order valence-electron chi connectivity index (χ1n) is 9.61. The molecular weight excluding hydrogens is 370 g/mol. The molecule has 3 heterocycles. The van der Waals surface area contributed by atoms with Crippen molar-refractivity contribution >= 4 is 27.3 Å². The predicted octanol–water partition coefficient (Wildman–Crippen LogP) is 2.53. The first-order chi connectivity index (χ1) is 12.5. The molecule has 1 amide bonds. The van der Waals surface area contributed by atoms with Gasteiger partial charge in [-0.05, 0) is 57.7 Å². The smallest absolute Gasteiger partial charge is 0.261 e. The van der Waals surface area contributed by atoms with E-state index in [1.807, 2.05) is 0 Å². The zero-order valence-corrected chi connectivity index (χ0v) is 17.1. The number of sulfonamides is 1. The molecule has 0 aliphatic carbocycles. The number of piperidine rings is 1. The van der Waals surface area contributed by atoms with E-state index < -0.39 is 10.0 Å². The lowest BCUT2D eigenvalue weighted by Gasteiger charge is -2.33. The summed E-state index contributed by atoms with van der Waals surface area (Å²) < 4.78 is 26.9. The monoisotopic (exact) mass is 399 g/mol. The molecule has 0 radical (unpaired) electrons. The minimum absolute atomic E-state index is 0.176. The molecule has 2 aliphatic heterocycles. The van der Waals surface area contributed by atoms with Crippen molar-refractivity contribution < 1.29 is 13.2 Å². The lowest BCUT2D eigenvalue weighted by molar-refractivity contribution is 0.0953. The van der Waals surface area contributed by atoms with Crippen molar-refractivity contribution in [3.63, 3.8) is 0 Å². The Morgan fingerprint density at radius 1 is 1.19 bits per heavy atom. The molecule has 8 heteroatoms. The summed E-state index contributed by atoms with van der Waals surface area (Å²) in [6, 6.07) is 3.81. The summed E-state index contributed by atoms with van der Waals surface area (Å²) in [5.74, 6) is -0.176. The van der Waals surface area contributed by atoms with Crippen LogP contribution < -0.4 is 5.32 Å². The number of carbonyl (C=O) groups excluding carboxylic acids is 1. The molecule has 1 atom stereocenters. The molecule has 2 saturated heterocycles. The minimum Gasteiger partial charge on any atom is -0.351 e. The second-order valence-electron chi connectivity index (χ2n) is 7.22. The number of nitrogens with one attached hydrogen (secondary N) is 1. The third-order valence-corrected chi connectivity index (χ3v) is 8.76. The van der Waals surface area contributed by atoms with Gasteiger partial charge >= 0.3 is 0 Å². The highest BCUT2D eigenvalue weighted by Crippen LogP contribution is 2.27. The summed E-state index contributed by atoms with van der Waals surface area (Å²) in [5.41, 5.74) is 0. The second kappa shape index (κ2) is 8.82. The molecular formula is C18H29N3O3S2. The van der Waals surface area contributed by atoms with Crippen LogP contribution in [0.3, 0.4) is 0 Å². The van der Waals surface area contributed by atoms with Crippen molar-refractivity contribution in [2.45, 2.75) is 55.7 Å². The molecule has 1 aromatic heterocycles. The van der Waals surface area contributed by atoms with Crippen LogP contribution in [-0.4, -0.2) is 62.3 Å². The average Bonchev–Trinajstić information content (AvgIpc) is 3.31. The second-order valence-corrected chi connectivity index (χ2v) is 10.5. The standard InChI is InChI=1S/C18H29N3O3S2/c1-15-7-2-3-11-20(15)12-6-10-19-18(22)16-8-9-17(25-16)26(23,24)21-13-4-5-14-21/h8-9,15H,2-7,10-14H2,1H3,(H,19,22)/t15-/m0/s1. The number of hydrogen-bond donors (Lipinski definition) is 1. The first-order valence-corrected chi connectivity index (χ1v) is 11.9. The van der Waals surface area contributed by atoms with Gasteiger partial charge in [0.15, 0.2) is 0 Å². The van der Waals surface area contributed by atoms with Crippen molar-refractivity contribution in [2.75, 3.05) is 32.7 Å². The van der Waals surface area contributed by atoms with Crippen LogP contribution in [0.2, 0.25) is 0 Å². The van der Waals surface area contributed by atoms with Crippen LogP contribution >= 0.6 is 11.3 Å². The number of nitrogens with zero attached hydrogens (tertiary/aromatic N) is 2. The van der Waals surface area contributed by atoms with E-state index in [2.05, 4.69) is 17.1 Å². The number of hydrogen-bond acceptors (Lipinski definition) is 5. The Kier molecular flexibility index (Phi) is 6.71. The molecule has 2 aliphatic rings. The van der Waals surface area contributed by atoms with E-state index >= 15 is 0 Å². The maximum Gasteiger partial charge on any atom is 0.261 e. The molecule has 3 rings (SSSR count). The number of rotatable bonds is 7. The van der Waals surface area contributed by atoms with Crippen LogP contribution in [0.15, 0.2) is 16.3 Å². The lowest BCUT2D eigenvalue weighted by Crippen LogP contribution is -2.39. The van der Waals surface area contributed by atoms with E-state index in [0.29, 0.717) is 30.6 Å². The normalized spacial score (nSPS) is 22.6. The van der Waals surface area contributed by atoms with Gasteiger partial charge in [0, 0.05) is 32.2 Å². The van der Waals surface area contributed by atoms with E-state index in [-0.39, 0.29) is 10.1 Å². The number of carbonyl (C=O) groups is 1. The summed E-state index contributed by atoms with van der Waals surface area (Å²) in [6.07, 6.45) is 6.58. The van der Waals surface area contributed by atoms with Crippen molar-refractivity contribution in [2.24, 2.45) is 0 Å². The largest absolute Gasteiger partial charge is 0.351 e. The van der Waals surface area contributed by atoms with Gasteiger partial charge in [0.2, 0.25) is 0 Å². The van der Waals surface area contributed by atoms with E-state index in [9.17, 15) is 13.2 Å². The van der Waals surface area contributed by atoms with Crippen LogP contribution in [0, 0.1) is 0 Å². The van der Waals surface area contributed by atoms with E-state index in [0.717, 1.165) is 43.7 Å². The first kappa shape index (κ1) is 19.8. The lowest BCUT2D eigenvalue weighted by atomic mass is 10.0. The highest BCUT2D eigenvalue weighted by molar-refractivity contribution is 7.91. The SMILES string of the molecule is C[C@H]1CCCCN1CCCNC(=O)c1ccc(S(=O)(=O)N2CCCC2)s1. The zero-order valence-electron chi connectivity index (χ0n) is 15.4. The van der Waals surface area contributed by atoms with Crippen LogP contribution in [0.4, 0.5) is 0 Å². The van der Waals surface area contributed by atoms with E-state index in [4.69, 9.17) is 0 Å². The third kappa shape index (κ3) is 4.65. The fourth-order valence-corrected chi connectivity index (χ4v) is 6.59. The quantitative estimate of drug-likeness (QED) is 0.716. The molecule has 26 heavy (non-hydrogen) atoms. The van der Waals surface area contributed by atoms with Gasteiger partial charge in [-0.1, -0.05) is 6.42 Å². The Morgan fingerprint density at radius 3 is 2.65 bits per heavy atom. The number of likely N-dealkylation sites (tertiary alicyclic amines) is 1. The van der Waals surface area contributed by atoms with Gasteiger partial charge in [-0.3, -0.25) is 4.79 Å². The van der Waals surface area contributed by atoms with E-state index in [1.54, 1.807) is 12.1 Å². The molecule has 1 aromatic rings. The van der Waals surface area contributed by atoms with Gasteiger partial charge in [0.25, 0.3) is 15.9 Å². The Morgan fingerprint density at radius 2 is 1.92 bits per heavy atom. The Balaban J connectivity index is 1.47. The minimum atomic E-state index is -3.43. The van der Waals surface area contributed by atoms with Crippen LogP contribution in [0.25, 0.3) is 0 Å². The Labute approximate surface area is 160 Å². The van der Waals surface area contributed by atoms with Gasteiger partial charge in [0.05, 0.1) is 4.88 Å². The van der Waals surface area contributed by atoms with Crippen LogP contribution in [0.1, 0.15) is 55.1 Å². The van der Waals surface area contributed by atoms with Crippen molar-refractivity contribution in [3.05, 3.63) is 17.0 Å². The summed E-state index contributed by atoms with van der Waals surface area (Å²) in [5, 5.41) is 2.92. The van der Waals surface area contributed by atoms with Gasteiger partial charge in [-0.15, -0.1) is 11.3 Å². The zero-order chi connectivity index (χ0) is 18.6. The molecule has 0 unspecified atom stereocenters. The van der Waals surface area contributed by atoms with Gasteiger partial charge < -0.3 is 10.2 Å². The maximum absolute atomic E-state index is 12.5. The Hall–Kier alpha value is -0.960.